The minimum Gasteiger partial charge on any atom is -0.477 e. The van der Waals surface area contributed by atoms with Gasteiger partial charge in [-0.2, -0.15) is 0 Å². The summed E-state index contributed by atoms with van der Waals surface area (Å²) in [6.45, 7) is 6.82. The van der Waals surface area contributed by atoms with Crippen molar-refractivity contribution in [3.63, 3.8) is 0 Å². The largest absolute Gasteiger partial charge is 0.477 e. The summed E-state index contributed by atoms with van der Waals surface area (Å²) in [4.78, 5) is 33.7. The third kappa shape index (κ3) is 5.15. The number of carboxylic acids is 1. The molecular weight excluding hydrogens is 486 g/mol. The summed E-state index contributed by atoms with van der Waals surface area (Å²) in [5, 5.41) is 13.0. The second kappa shape index (κ2) is 10.5. The molecule has 3 aromatic rings. The zero-order valence-electron chi connectivity index (χ0n) is 21.4. The minimum absolute atomic E-state index is 0.264. The number of piperazine rings is 1. The molecule has 3 fully saturated rings. The molecule has 0 spiro atoms. The lowest BCUT2D eigenvalue weighted by Gasteiger charge is -2.42. The number of nitrogens with zero attached hydrogens (tertiary/aromatic N) is 6. The quantitative estimate of drug-likeness (QED) is 0.489. The zero-order valence-corrected chi connectivity index (χ0v) is 22.2. The highest BCUT2D eigenvalue weighted by atomic mass is 32.1. The molecule has 3 aromatic heterocycles. The number of carboxylic acid groups (broad SMARTS) is 1. The summed E-state index contributed by atoms with van der Waals surface area (Å²) in [6.07, 6.45) is 10.4. The van der Waals surface area contributed by atoms with Crippen molar-refractivity contribution in [1.29, 1.82) is 0 Å². The topological polar surface area (TPSA) is 97.7 Å². The molecule has 10 heteroatoms. The Morgan fingerprint density at radius 1 is 1.00 bits per heavy atom. The first-order chi connectivity index (χ1) is 18.0. The molecule has 0 aromatic carbocycles. The molecule has 2 N–H and O–H groups in total. The lowest BCUT2D eigenvalue weighted by atomic mass is 9.97. The van der Waals surface area contributed by atoms with Crippen LogP contribution in [0.3, 0.4) is 0 Å². The summed E-state index contributed by atoms with van der Waals surface area (Å²) in [5.41, 5.74) is 2.80. The number of aromatic nitrogens is 3. The van der Waals surface area contributed by atoms with Gasteiger partial charge in [0.2, 0.25) is 5.95 Å². The number of piperidine rings is 1. The smallest absolute Gasteiger partial charge is 0.346 e. The van der Waals surface area contributed by atoms with E-state index in [1.807, 2.05) is 12.3 Å². The standard InChI is InChI=1S/C27H35N7O2S/c1-32-12-14-34(15-13-32)19-8-10-33(11-9-19)20-6-7-22(28-16-20)30-27-29-17-21-24(31-27)23(18-4-2-3-5-18)25(37-21)26(35)36/h6-7,16-19H,2-5,8-15H2,1H3,(H,35,36)(H,28,29,30,31). The highest BCUT2D eigenvalue weighted by molar-refractivity contribution is 7.20. The van der Waals surface area contributed by atoms with Gasteiger partial charge in [0.15, 0.2) is 0 Å². The molecule has 196 valence electrons. The van der Waals surface area contributed by atoms with Gasteiger partial charge in [-0.15, -0.1) is 11.3 Å². The zero-order chi connectivity index (χ0) is 25.4. The average Bonchev–Trinajstić information content (AvgIpc) is 3.58. The Hall–Kier alpha value is -2.82. The predicted octanol–water partition coefficient (Wildman–Crippen LogP) is 4.40. The molecule has 1 aliphatic carbocycles. The third-order valence-corrected chi connectivity index (χ3v) is 9.41. The number of aromatic carboxylic acids is 1. The Morgan fingerprint density at radius 2 is 1.76 bits per heavy atom. The molecular formula is C27H35N7O2S. The van der Waals surface area contributed by atoms with Crippen molar-refractivity contribution in [1.82, 2.24) is 24.8 Å². The number of pyridine rings is 1. The maximum Gasteiger partial charge on any atom is 0.346 e. The van der Waals surface area contributed by atoms with E-state index in [4.69, 9.17) is 4.98 Å². The second-order valence-corrected chi connectivity index (χ2v) is 11.7. The average molecular weight is 522 g/mol. The van der Waals surface area contributed by atoms with E-state index in [2.05, 4.69) is 43.1 Å². The van der Waals surface area contributed by atoms with Crippen molar-refractivity contribution in [2.75, 3.05) is 56.5 Å². The molecule has 5 heterocycles. The summed E-state index contributed by atoms with van der Waals surface area (Å²) < 4.78 is 0.827. The lowest BCUT2D eigenvalue weighted by Crippen LogP contribution is -2.52. The first kappa shape index (κ1) is 24.5. The first-order valence-corrected chi connectivity index (χ1v) is 14.3. The molecule has 6 rings (SSSR count). The van der Waals surface area contributed by atoms with Crippen LogP contribution in [0.25, 0.3) is 10.2 Å². The fourth-order valence-corrected chi connectivity index (χ4v) is 7.20. The Morgan fingerprint density at radius 3 is 2.43 bits per heavy atom. The van der Waals surface area contributed by atoms with Crippen LogP contribution in [-0.2, 0) is 0 Å². The summed E-state index contributed by atoms with van der Waals surface area (Å²) in [6, 6.07) is 4.78. The van der Waals surface area contributed by atoms with Crippen molar-refractivity contribution in [2.24, 2.45) is 0 Å². The Balaban J connectivity index is 1.12. The maximum absolute atomic E-state index is 11.9. The Kier molecular flexibility index (Phi) is 6.96. The molecule has 2 aliphatic heterocycles. The van der Waals surface area contributed by atoms with E-state index < -0.39 is 5.97 Å². The van der Waals surface area contributed by atoms with Crippen molar-refractivity contribution >= 4 is 45.0 Å². The minimum atomic E-state index is -0.871. The maximum atomic E-state index is 11.9. The molecule has 2 saturated heterocycles. The number of hydrogen-bond donors (Lipinski definition) is 2. The number of anilines is 3. The summed E-state index contributed by atoms with van der Waals surface area (Å²) >= 11 is 1.28. The third-order valence-electron chi connectivity index (χ3n) is 8.30. The van der Waals surface area contributed by atoms with E-state index in [9.17, 15) is 9.90 Å². The van der Waals surface area contributed by atoms with E-state index in [1.165, 1.54) is 50.4 Å². The molecule has 0 bridgehead atoms. The van der Waals surface area contributed by atoms with Crippen LogP contribution in [0.15, 0.2) is 24.5 Å². The van der Waals surface area contributed by atoms with Crippen LogP contribution in [0.4, 0.5) is 17.5 Å². The van der Waals surface area contributed by atoms with Crippen molar-refractivity contribution in [3.05, 3.63) is 35.0 Å². The highest BCUT2D eigenvalue weighted by Gasteiger charge is 2.29. The van der Waals surface area contributed by atoms with Crippen molar-refractivity contribution in [2.45, 2.75) is 50.5 Å². The van der Waals surface area contributed by atoms with Gasteiger partial charge in [0.25, 0.3) is 0 Å². The fourth-order valence-electron chi connectivity index (χ4n) is 6.16. The van der Waals surface area contributed by atoms with Crippen LogP contribution in [0.5, 0.6) is 0 Å². The number of nitrogens with one attached hydrogen (secondary N) is 1. The molecule has 9 nitrogen and oxygen atoms in total. The van der Waals surface area contributed by atoms with Gasteiger partial charge in [-0.05, 0) is 50.8 Å². The van der Waals surface area contributed by atoms with Gasteiger partial charge in [-0.3, -0.25) is 4.90 Å². The summed E-state index contributed by atoms with van der Waals surface area (Å²) in [7, 11) is 2.21. The van der Waals surface area contributed by atoms with Gasteiger partial charge in [-0.1, -0.05) is 12.8 Å². The van der Waals surface area contributed by atoms with Crippen LogP contribution in [-0.4, -0.2) is 88.2 Å². The molecule has 0 unspecified atom stereocenters. The van der Waals surface area contributed by atoms with Crippen LogP contribution in [0, 0.1) is 0 Å². The molecule has 37 heavy (non-hydrogen) atoms. The molecule has 0 radical (unpaired) electrons. The SMILES string of the molecule is CN1CCN(C2CCN(c3ccc(Nc4ncc5sc(C(=O)O)c(C6CCCC6)c5n4)nc3)CC2)CC1. The predicted molar refractivity (Wildman–Crippen MR) is 147 cm³/mol. The molecule has 1 saturated carbocycles. The lowest BCUT2D eigenvalue weighted by molar-refractivity contribution is 0.0700. The van der Waals surface area contributed by atoms with Crippen LogP contribution in [0.2, 0.25) is 0 Å². The van der Waals surface area contributed by atoms with E-state index in [-0.39, 0.29) is 5.92 Å². The van der Waals surface area contributed by atoms with Gasteiger partial charge in [0.05, 0.1) is 28.3 Å². The number of hydrogen-bond acceptors (Lipinski definition) is 9. The van der Waals surface area contributed by atoms with Gasteiger partial charge in [0, 0.05) is 50.9 Å². The monoisotopic (exact) mass is 521 g/mol. The number of fused-ring (bicyclic) bond motifs is 1. The van der Waals surface area contributed by atoms with Crippen molar-refractivity contribution in [3.8, 4) is 0 Å². The molecule has 0 atom stereocenters. The van der Waals surface area contributed by atoms with Gasteiger partial charge < -0.3 is 20.2 Å². The van der Waals surface area contributed by atoms with Crippen molar-refractivity contribution < 1.29 is 9.90 Å². The van der Waals surface area contributed by atoms with E-state index in [1.54, 1.807) is 6.20 Å². The Bertz CT molecular complexity index is 1240. The number of likely N-dealkylation sites (N-methyl/N-ethyl adjacent to an activating group) is 1. The normalized spacial score (nSPS) is 20.6. The summed E-state index contributed by atoms with van der Waals surface area (Å²) in [5.74, 6) is 0.533. The first-order valence-electron chi connectivity index (χ1n) is 13.5. The van der Waals surface area contributed by atoms with Gasteiger partial charge >= 0.3 is 5.97 Å². The highest BCUT2D eigenvalue weighted by Crippen LogP contribution is 2.43. The molecule has 3 aliphatic rings. The number of thiophene rings is 1. The van der Waals surface area contributed by atoms with Gasteiger partial charge in [-0.25, -0.2) is 19.7 Å². The molecule has 0 amide bonds. The second-order valence-electron chi connectivity index (χ2n) is 10.6. The number of carbonyl (C=O) groups is 1. The van der Waals surface area contributed by atoms with Crippen LogP contribution < -0.4 is 10.2 Å². The van der Waals surface area contributed by atoms with E-state index in [0.29, 0.717) is 22.7 Å². The van der Waals surface area contributed by atoms with Crippen LogP contribution in [0.1, 0.15) is 59.7 Å². The van der Waals surface area contributed by atoms with Crippen LogP contribution >= 0.6 is 11.3 Å². The van der Waals surface area contributed by atoms with Gasteiger partial charge in [0.1, 0.15) is 10.7 Å². The van der Waals surface area contributed by atoms with E-state index in [0.717, 1.165) is 60.2 Å². The Labute approximate surface area is 221 Å². The van der Waals surface area contributed by atoms with E-state index >= 15 is 0 Å². The fraction of sp³-hybridized carbons (Fsp3) is 0.556. The number of rotatable bonds is 6.